The second kappa shape index (κ2) is 8.70. The molecule has 0 spiro atoms. The molecular formula is C20H27BrN2O2+2. The Hall–Kier alpha value is -1.56. The van der Waals surface area contributed by atoms with Crippen molar-refractivity contribution in [2.75, 3.05) is 40.4 Å². The number of para-hydroxylation sites is 1. The summed E-state index contributed by atoms with van der Waals surface area (Å²) in [6.45, 7) is 6.87. The van der Waals surface area contributed by atoms with Gasteiger partial charge in [-0.05, 0) is 24.3 Å². The normalized spacial score (nSPS) is 20.3. The minimum Gasteiger partial charge on any atom is -0.493 e. The molecule has 2 aromatic rings. The Labute approximate surface area is 158 Å². The lowest BCUT2D eigenvalue weighted by Crippen LogP contribution is -3.27. The number of rotatable bonds is 6. The molecule has 2 N–H and O–H groups in total. The van der Waals surface area contributed by atoms with Gasteiger partial charge in [0.05, 0.1) is 19.8 Å². The zero-order valence-electron chi connectivity index (χ0n) is 15.0. The van der Waals surface area contributed by atoms with E-state index in [1.54, 1.807) is 24.0 Å². The second-order valence-electron chi connectivity index (χ2n) is 6.64. The molecule has 134 valence electrons. The molecule has 0 amide bonds. The zero-order valence-corrected chi connectivity index (χ0v) is 16.6. The van der Waals surface area contributed by atoms with Crippen molar-refractivity contribution >= 4 is 15.9 Å². The van der Waals surface area contributed by atoms with E-state index < -0.39 is 0 Å². The lowest BCUT2D eigenvalue weighted by molar-refractivity contribution is -1.02. The number of benzene rings is 2. The molecule has 0 atom stereocenters. The van der Waals surface area contributed by atoms with Crippen molar-refractivity contribution in [3.8, 4) is 11.5 Å². The van der Waals surface area contributed by atoms with Crippen LogP contribution in [0.5, 0.6) is 11.5 Å². The summed E-state index contributed by atoms with van der Waals surface area (Å²) >= 11 is 3.56. The van der Waals surface area contributed by atoms with Gasteiger partial charge in [0, 0.05) is 10.0 Å². The van der Waals surface area contributed by atoms with E-state index in [4.69, 9.17) is 9.47 Å². The minimum absolute atomic E-state index is 0.818. The first-order valence-corrected chi connectivity index (χ1v) is 9.60. The van der Waals surface area contributed by atoms with Crippen molar-refractivity contribution < 1.29 is 19.3 Å². The fourth-order valence-electron chi connectivity index (χ4n) is 3.61. The maximum Gasteiger partial charge on any atom is 0.169 e. The van der Waals surface area contributed by atoms with Gasteiger partial charge < -0.3 is 19.3 Å². The van der Waals surface area contributed by atoms with Gasteiger partial charge in [-0.15, -0.1) is 0 Å². The van der Waals surface area contributed by atoms with Crippen LogP contribution in [0.4, 0.5) is 0 Å². The minimum atomic E-state index is 0.818. The molecule has 1 aliphatic rings. The molecule has 0 unspecified atom stereocenters. The van der Waals surface area contributed by atoms with Crippen molar-refractivity contribution in [3.63, 3.8) is 0 Å². The van der Waals surface area contributed by atoms with Crippen molar-refractivity contribution in [2.24, 2.45) is 0 Å². The summed E-state index contributed by atoms with van der Waals surface area (Å²) in [5.41, 5.74) is 2.63. The van der Waals surface area contributed by atoms with Gasteiger partial charge in [-0.2, -0.15) is 0 Å². The third-order valence-corrected chi connectivity index (χ3v) is 5.43. The lowest BCUT2D eigenvalue weighted by atomic mass is 10.1. The van der Waals surface area contributed by atoms with E-state index in [1.165, 1.54) is 41.8 Å². The van der Waals surface area contributed by atoms with Gasteiger partial charge in [-0.3, -0.25) is 0 Å². The summed E-state index contributed by atoms with van der Waals surface area (Å²) in [7, 11) is 3.41. The molecule has 0 aromatic heterocycles. The molecule has 0 saturated carbocycles. The summed E-state index contributed by atoms with van der Waals surface area (Å²) in [6.07, 6.45) is 0. The van der Waals surface area contributed by atoms with Crippen LogP contribution in [-0.2, 0) is 13.1 Å². The Bertz CT molecular complexity index is 700. The van der Waals surface area contributed by atoms with Crippen LogP contribution in [-0.4, -0.2) is 40.4 Å². The molecule has 0 aliphatic carbocycles. The Morgan fingerprint density at radius 1 is 0.880 bits per heavy atom. The van der Waals surface area contributed by atoms with Gasteiger partial charge in [0.25, 0.3) is 0 Å². The summed E-state index contributed by atoms with van der Waals surface area (Å²) in [5, 5.41) is 0. The Kier molecular flexibility index (Phi) is 6.34. The van der Waals surface area contributed by atoms with Crippen molar-refractivity contribution in [3.05, 3.63) is 58.1 Å². The standard InChI is InChI=1S/C20H25BrN2O2/c1-24-19-8-4-6-17(20(19)25-2)15-23-11-9-22(10-12-23)14-16-5-3-7-18(21)13-16/h3-8,13H,9-12,14-15H2,1-2H3/p+2. The number of hydrogen-bond donors (Lipinski definition) is 2. The molecule has 1 aliphatic heterocycles. The molecule has 0 bridgehead atoms. The smallest absolute Gasteiger partial charge is 0.169 e. The Morgan fingerprint density at radius 3 is 2.20 bits per heavy atom. The summed E-state index contributed by atoms with van der Waals surface area (Å²) in [5.74, 6) is 1.69. The van der Waals surface area contributed by atoms with Gasteiger partial charge in [-0.25, -0.2) is 0 Å². The summed E-state index contributed by atoms with van der Waals surface area (Å²) < 4.78 is 12.2. The average molecular weight is 407 g/mol. The number of nitrogens with one attached hydrogen (secondary N) is 2. The molecule has 3 rings (SSSR count). The second-order valence-corrected chi connectivity index (χ2v) is 7.55. The van der Waals surface area contributed by atoms with Crippen LogP contribution in [0.1, 0.15) is 11.1 Å². The highest BCUT2D eigenvalue weighted by molar-refractivity contribution is 9.10. The number of piperazine rings is 1. The predicted molar refractivity (Wildman–Crippen MR) is 102 cm³/mol. The lowest BCUT2D eigenvalue weighted by Gasteiger charge is -2.30. The third kappa shape index (κ3) is 4.75. The first-order chi connectivity index (χ1) is 12.2. The highest BCUT2D eigenvalue weighted by atomic mass is 79.9. The maximum absolute atomic E-state index is 5.57. The first-order valence-electron chi connectivity index (χ1n) is 8.81. The predicted octanol–water partition coefficient (Wildman–Crippen LogP) is 0.950. The molecule has 1 saturated heterocycles. The molecule has 1 fully saturated rings. The third-order valence-electron chi connectivity index (χ3n) is 4.93. The van der Waals surface area contributed by atoms with Crippen molar-refractivity contribution in [1.29, 1.82) is 0 Å². The monoisotopic (exact) mass is 406 g/mol. The molecule has 4 nitrogen and oxygen atoms in total. The molecule has 1 heterocycles. The van der Waals surface area contributed by atoms with Crippen LogP contribution in [0, 0.1) is 0 Å². The highest BCUT2D eigenvalue weighted by Gasteiger charge is 2.24. The van der Waals surface area contributed by atoms with Gasteiger partial charge >= 0.3 is 0 Å². The van der Waals surface area contributed by atoms with Crippen LogP contribution in [0.25, 0.3) is 0 Å². The number of quaternary nitrogens is 2. The Morgan fingerprint density at radius 2 is 1.56 bits per heavy atom. The Balaban J connectivity index is 1.56. The van der Waals surface area contributed by atoms with E-state index in [0.29, 0.717) is 0 Å². The number of ether oxygens (including phenoxy) is 2. The van der Waals surface area contributed by atoms with Crippen LogP contribution < -0.4 is 19.3 Å². The van der Waals surface area contributed by atoms with Gasteiger partial charge in [-0.1, -0.05) is 34.1 Å². The molecule has 25 heavy (non-hydrogen) atoms. The van der Waals surface area contributed by atoms with E-state index >= 15 is 0 Å². The maximum atomic E-state index is 5.57. The SMILES string of the molecule is COc1cccc(C[NH+]2CC[NH+](Cc3cccc(Br)c3)CC2)c1OC. The number of methoxy groups -OCH3 is 2. The van der Waals surface area contributed by atoms with Crippen LogP contribution in [0.2, 0.25) is 0 Å². The van der Waals surface area contributed by atoms with Gasteiger partial charge in [0.2, 0.25) is 0 Å². The molecule has 0 radical (unpaired) electrons. The van der Waals surface area contributed by atoms with E-state index in [9.17, 15) is 0 Å². The number of hydrogen-bond acceptors (Lipinski definition) is 2. The van der Waals surface area contributed by atoms with E-state index in [1.807, 2.05) is 12.1 Å². The topological polar surface area (TPSA) is 27.3 Å². The molecule has 2 aromatic carbocycles. The molecular weight excluding hydrogens is 380 g/mol. The van der Waals surface area contributed by atoms with Crippen LogP contribution >= 0.6 is 15.9 Å². The summed E-state index contributed by atoms with van der Waals surface area (Å²) in [4.78, 5) is 3.28. The number of halogens is 1. The van der Waals surface area contributed by atoms with Gasteiger partial charge in [0.15, 0.2) is 11.5 Å². The molecule has 5 heteroatoms. The first kappa shape index (κ1) is 18.2. The largest absolute Gasteiger partial charge is 0.493 e. The fraction of sp³-hybridized carbons (Fsp3) is 0.400. The zero-order chi connectivity index (χ0) is 17.6. The van der Waals surface area contributed by atoms with E-state index in [2.05, 4.69) is 46.3 Å². The highest BCUT2D eigenvalue weighted by Crippen LogP contribution is 2.30. The van der Waals surface area contributed by atoms with Crippen LogP contribution in [0.3, 0.4) is 0 Å². The van der Waals surface area contributed by atoms with Crippen molar-refractivity contribution in [2.45, 2.75) is 13.1 Å². The van der Waals surface area contributed by atoms with E-state index in [0.717, 1.165) is 24.6 Å². The van der Waals surface area contributed by atoms with Gasteiger partial charge in [0.1, 0.15) is 39.3 Å². The van der Waals surface area contributed by atoms with Crippen LogP contribution in [0.15, 0.2) is 46.9 Å². The van der Waals surface area contributed by atoms with Crippen molar-refractivity contribution in [1.82, 2.24) is 0 Å². The fourth-order valence-corrected chi connectivity index (χ4v) is 4.06. The average Bonchev–Trinajstić information content (AvgIpc) is 2.63. The van der Waals surface area contributed by atoms with E-state index in [-0.39, 0.29) is 0 Å². The summed E-state index contributed by atoms with van der Waals surface area (Å²) in [6, 6.07) is 14.8. The quantitative estimate of drug-likeness (QED) is 0.747.